The van der Waals surface area contributed by atoms with Crippen molar-refractivity contribution in [3.8, 4) is 5.95 Å². The van der Waals surface area contributed by atoms with Crippen molar-refractivity contribution < 1.29 is 4.79 Å². The van der Waals surface area contributed by atoms with Gasteiger partial charge in [-0.3, -0.25) is 14.6 Å². The highest BCUT2D eigenvalue weighted by molar-refractivity contribution is 9.10. The quantitative estimate of drug-likeness (QED) is 0.632. The van der Waals surface area contributed by atoms with Crippen molar-refractivity contribution in [2.24, 2.45) is 0 Å². The second kappa shape index (κ2) is 7.66. The van der Waals surface area contributed by atoms with Crippen LogP contribution >= 0.6 is 27.5 Å². The van der Waals surface area contributed by atoms with Crippen molar-refractivity contribution in [1.29, 1.82) is 0 Å². The summed E-state index contributed by atoms with van der Waals surface area (Å²) in [6, 6.07) is 6.70. The molecule has 2 aromatic heterocycles. The molecule has 9 heteroatoms. The van der Waals surface area contributed by atoms with E-state index in [4.69, 9.17) is 11.6 Å². The third kappa shape index (κ3) is 3.96. The molecule has 0 spiro atoms. The van der Waals surface area contributed by atoms with Crippen LogP contribution in [0.3, 0.4) is 0 Å². The number of rotatable bonds is 4. The Morgan fingerprint density at radius 1 is 1.33 bits per heavy atom. The van der Waals surface area contributed by atoms with Gasteiger partial charge in [0.2, 0.25) is 5.95 Å². The number of hydrogen-bond acceptors (Lipinski definition) is 4. The molecule has 1 aromatic carbocycles. The van der Waals surface area contributed by atoms with Gasteiger partial charge in [0.25, 0.3) is 11.5 Å². The van der Waals surface area contributed by atoms with Crippen LogP contribution in [0.5, 0.6) is 0 Å². The number of aryl methyl sites for hydroxylation is 2. The maximum Gasteiger partial charge on any atom is 0.258 e. The van der Waals surface area contributed by atoms with Gasteiger partial charge in [-0.2, -0.15) is 9.78 Å². The van der Waals surface area contributed by atoms with Crippen LogP contribution in [0.25, 0.3) is 5.95 Å². The fraction of sp³-hybridized carbons (Fsp3) is 0.222. The van der Waals surface area contributed by atoms with Gasteiger partial charge in [0.1, 0.15) is 5.82 Å². The first-order valence-corrected chi connectivity index (χ1v) is 9.40. The largest absolute Gasteiger partial charge is 0.306 e. The summed E-state index contributed by atoms with van der Waals surface area (Å²) in [5.74, 6) is 0.213. The number of carbonyl (C=O) groups excluding carboxylic acids is 1. The number of aromatic amines is 1. The number of nitrogens with one attached hydrogen (secondary N) is 2. The average molecular weight is 451 g/mol. The first-order valence-electron chi connectivity index (χ1n) is 8.23. The molecule has 3 aromatic rings. The summed E-state index contributed by atoms with van der Waals surface area (Å²) in [5, 5.41) is 7.44. The lowest BCUT2D eigenvalue weighted by Gasteiger charge is -2.10. The van der Waals surface area contributed by atoms with Crippen LogP contribution in [0.1, 0.15) is 34.2 Å². The molecule has 7 nitrogen and oxygen atoms in total. The molecule has 0 bridgehead atoms. The van der Waals surface area contributed by atoms with Crippen molar-refractivity contribution >= 4 is 39.3 Å². The number of halogens is 2. The smallest absolute Gasteiger partial charge is 0.258 e. The number of anilines is 1. The molecule has 0 radical (unpaired) electrons. The molecule has 3 rings (SSSR count). The van der Waals surface area contributed by atoms with E-state index in [1.165, 1.54) is 4.68 Å². The van der Waals surface area contributed by atoms with Gasteiger partial charge in [-0.1, -0.05) is 34.5 Å². The van der Waals surface area contributed by atoms with E-state index in [1.807, 2.05) is 6.92 Å². The number of H-pyrrole nitrogens is 1. The van der Waals surface area contributed by atoms with Gasteiger partial charge >= 0.3 is 0 Å². The normalized spacial score (nSPS) is 10.9. The lowest BCUT2D eigenvalue weighted by atomic mass is 10.2. The number of nitrogens with zero attached hydrogens (tertiary/aromatic N) is 3. The average Bonchev–Trinajstić information content (AvgIpc) is 2.97. The standard InChI is InChI=1S/C18H17BrClN5O2/c1-4-12-10(3)21-18(23-16(12)26)25-15(7-9(2)24-25)22-17(27)13-8-11(19)5-6-14(13)20/h5-8H,4H2,1-3H3,(H,22,27)(H,21,23,26). The minimum absolute atomic E-state index is 0.222. The summed E-state index contributed by atoms with van der Waals surface area (Å²) in [5.41, 5.74) is 1.99. The van der Waals surface area contributed by atoms with Crippen LogP contribution in [0, 0.1) is 13.8 Å². The van der Waals surface area contributed by atoms with Gasteiger partial charge in [0, 0.05) is 21.8 Å². The highest BCUT2D eigenvalue weighted by Crippen LogP contribution is 2.23. The Morgan fingerprint density at radius 3 is 2.74 bits per heavy atom. The van der Waals surface area contributed by atoms with Gasteiger partial charge in [0.15, 0.2) is 0 Å². The second-order valence-electron chi connectivity index (χ2n) is 5.97. The molecule has 2 N–H and O–H groups in total. The highest BCUT2D eigenvalue weighted by atomic mass is 79.9. The zero-order valence-electron chi connectivity index (χ0n) is 14.9. The third-order valence-electron chi connectivity index (χ3n) is 4.01. The topological polar surface area (TPSA) is 92.7 Å². The summed E-state index contributed by atoms with van der Waals surface area (Å²) in [6.45, 7) is 5.45. The van der Waals surface area contributed by atoms with Crippen molar-refractivity contribution in [3.05, 3.63) is 66.6 Å². The predicted octanol–water partition coefficient (Wildman–Crippen LogP) is 3.80. The summed E-state index contributed by atoms with van der Waals surface area (Å²) in [4.78, 5) is 32.1. The monoisotopic (exact) mass is 449 g/mol. The van der Waals surface area contributed by atoms with E-state index in [-0.39, 0.29) is 11.5 Å². The van der Waals surface area contributed by atoms with Crippen LogP contribution in [-0.2, 0) is 6.42 Å². The molecule has 140 valence electrons. The Balaban J connectivity index is 2.01. The molecule has 0 fully saturated rings. The first-order chi connectivity index (χ1) is 12.8. The number of hydrogen-bond donors (Lipinski definition) is 2. The van der Waals surface area contributed by atoms with Gasteiger partial charge in [0.05, 0.1) is 16.3 Å². The van der Waals surface area contributed by atoms with Crippen LogP contribution in [0.15, 0.2) is 33.5 Å². The minimum atomic E-state index is -0.397. The Morgan fingerprint density at radius 2 is 2.07 bits per heavy atom. The van der Waals surface area contributed by atoms with Crippen molar-refractivity contribution in [3.63, 3.8) is 0 Å². The molecular formula is C18H17BrClN5O2. The molecule has 0 aliphatic heterocycles. The number of benzene rings is 1. The number of aromatic nitrogens is 4. The van der Waals surface area contributed by atoms with E-state index in [0.717, 1.165) is 4.47 Å². The fourth-order valence-electron chi connectivity index (χ4n) is 2.72. The highest BCUT2D eigenvalue weighted by Gasteiger charge is 2.17. The molecule has 2 heterocycles. The van der Waals surface area contributed by atoms with Gasteiger partial charge in [-0.25, -0.2) is 4.98 Å². The minimum Gasteiger partial charge on any atom is -0.306 e. The van der Waals surface area contributed by atoms with Crippen molar-refractivity contribution in [2.45, 2.75) is 27.2 Å². The molecule has 0 aliphatic carbocycles. The Kier molecular flexibility index (Phi) is 5.48. The summed E-state index contributed by atoms with van der Waals surface area (Å²) < 4.78 is 2.13. The van der Waals surface area contributed by atoms with Crippen LogP contribution in [0.2, 0.25) is 5.02 Å². The Bertz CT molecular complexity index is 1090. The summed E-state index contributed by atoms with van der Waals surface area (Å²) in [7, 11) is 0. The molecule has 0 atom stereocenters. The van der Waals surface area contributed by atoms with Crippen LogP contribution in [-0.4, -0.2) is 25.7 Å². The van der Waals surface area contributed by atoms with Crippen LogP contribution < -0.4 is 10.9 Å². The Hall–Kier alpha value is -2.45. The molecule has 0 unspecified atom stereocenters. The zero-order chi connectivity index (χ0) is 19.7. The van der Waals surface area contributed by atoms with E-state index < -0.39 is 5.91 Å². The molecule has 0 aliphatic rings. The molecule has 0 saturated heterocycles. The molecular weight excluding hydrogens is 434 g/mol. The van der Waals surface area contributed by atoms with E-state index >= 15 is 0 Å². The maximum atomic E-state index is 12.7. The number of amides is 1. The van der Waals surface area contributed by atoms with E-state index in [2.05, 4.69) is 36.3 Å². The van der Waals surface area contributed by atoms with E-state index in [9.17, 15) is 9.59 Å². The molecule has 27 heavy (non-hydrogen) atoms. The molecule has 0 saturated carbocycles. The lowest BCUT2D eigenvalue weighted by Crippen LogP contribution is -2.22. The fourth-order valence-corrected chi connectivity index (χ4v) is 3.28. The van der Waals surface area contributed by atoms with Gasteiger partial charge in [-0.15, -0.1) is 0 Å². The summed E-state index contributed by atoms with van der Waals surface area (Å²) >= 11 is 9.46. The van der Waals surface area contributed by atoms with Crippen LogP contribution in [0.4, 0.5) is 5.82 Å². The predicted molar refractivity (Wildman–Crippen MR) is 108 cm³/mol. The van der Waals surface area contributed by atoms with Gasteiger partial charge in [-0.05, 0) is 38.5 Å². The summed E-state index contributed by atoms with van der Waals surface area (Å²) in [6.07, 6.45) is 0.581. The lowest BCUT2D eigenvalue weighted by molar-refractivity contribution is 0.102. The second-order valence-corrected chi connectivity index (χ2v) is 7.29. The van der Waals surface area contributed by atoms with E-state index in [1.54, 1.807) is 38.1 Å². The maximum absolute atomic E-state index is 12.7. The number of carbonyl (C=O) groups is 1. The van der Waals surface area contributed by atoms with Crippen molar-refractivity contribution in [1.82, 2.24) is 19.7 Å². The molecule has 1 amide bonds. The zero-order valence-corrected chi connectivity index (χ0v) is 17.3. The third-order valence-corrected chi connectivity index (χ3v) is 4.83. The Labute approximate surface area is 168 Å². The van der Waals surface area contributed by atoms with Crippen molar-refractivity contribution in [2.75, 3.05) is 5.32 Å². The van der Waals surface area contributed by atoms with Gasteiger partial charge < -0.3 is 5.32 Å². The SMILES string of the molecule is CCc1c(C)nc(-n2nc(C)cc2NC(=O)c2cc(Br)ccc2Cl)[nH]c1=O. The van der Waals surface area contributed by atoms with E-state index in [0.29, 0.717) is 39.8 Å². The first kappa shape index (κ1) is 19.3.